The maximum atomic E-state index is 4.72. The maximum absolute atomic E-state index is 4.72. The fourth-order valence-corrected chi connectivity index (χ4v) is 3.27. The molecule has 1 aliphatic heterocycles. The second-order valence-corrected chi connectivity index (χ2v) is 7.63. The molecule has 1 aliphatic rings. The molecule has 5 heterocycles. The minimum Gasteiger partial charge on any atom is -0.323 e. The van der Waals surface area contributed by atoms with Crippen LogP contribution in [0.25, 0.3) is 22.2 Å². The summed E-state index contributed by atoms with van der Waals surface area (Å²) >= 11 is 0. The van der Waals surface area contributed by atoms with Crippen molar-refractivity contribution < 1.29 is 0 Å². The smallest absolute Gasteiger partial charge is 0.154 e. The zero-order valence-corrected chi connectivity index (χ0v) is 16.4. The molecule has 8 nitrogen and oxygen atoms in total. The van der Waals surface area contributed by atoms with Crippen molar-refractivity contribution in [3.63, 3.8) is 0 Å². The van der Waals surface area contributed by atoms with Crippen LogP contribution in [0.2, 0.25) is 0 Å². The first kappa shape index (κ1) is 17.7. The largest absolute Gasteiger partial charge is 0.323 e. The molecule has 2 N–H and O–H groups in total. The molecule has 0 bridgehead atoms. The lowest BCUT2D eigenvalue weighted by atomic mass is 10.1. The van der Waals surface area contributed by atoms with E-state index in [1.807, 2.05) is 41.3 Å². The molecule has 29 heavy (non-hydrogen) atoms. The van der Waals surface area contributed by atoms with Crippen molar-refractivity contribution in [2.45, 2.75) is 25.8 Å². The van der Waals surface area contributed by atoms with E-state index in [-0.39, 0.29) is 0 Å². The van der Waals surface area contributed by atoms with Crippen molar-refractivity contribution in [2.75, 3.05) is 18.4 Å². The fraction of sp³-hybridized carbons (Fsp3) is 0.286. The maximum Gasteiger partial charge on any atom is 0.154 e. The van der Waals surface area contributed by atoms with Crippen LogP contribution >= 0.6 is 0 Å². The molecule has 0 radical (unpaired) electrons. The van der Waals surface area contributed by atoms with Gasteiger partial charge in [0.1, 0.15) is 5.82 Å². The molecule has 0 saturated carbocycles. The van der Waals surface area contributed by atoms with Crippen molar-refractivity contribution in [3.8, 4) is 11.1 Å². The van der Waals surface area contributed by atoms with Crippen molar-refractivity contribution >= 4 is 22.7 Å². The van der Waals surface area contributed by atoms with Gasteiger partial charge in [-0.25, -0.2) is 4.98 Å². The zero-order valence-electron chi connectivity index (χ0n) is 16.4. The van der Waals surface area contributed by atoms with Crippen LogP contribution in [0.15, 0.2) is 49.1 Å². The summed E-state index contributed by atoms with van der Waals surface area (Å²) in [4.78, 5) is 9.29. The highest BCUT2D eigenvalue weighted by Crippen LogP contribution is 2.25. The number of rotatable bonds is 5. The molecular formula is C21H22N8. The third-order valence-corrected chi connectivity index (χ3v) is 5.20. The molecule has 0 unspecified atom stereocenters. The number of anilines is 2. The van der Waals surface area contributed by atoms with Gasteiger partial charge in [0.15, 0.2) is 5.82 Å². The van der Waals surface area contributed by atoms with Crippen LogP contribution in [0, 0.1) is 0 Å². The highest BCUT2D eigenvalue weighted by Gasteiger charge is 2.19. The molecule has 8 heteroatoms. The van der Waals surface area contributed by atoms with E-state index in [4.69, 9.17) is 4.98 Å². The average molecular weight is 386 g/mol. The van der Waals surface area contributed by atoms with Gasteiger partial charge in [-0.1, -0.05) is 13.8 Å². The topological polar surface area (TPSA) is 93.4 Å². The lowest BCUT2D eigenvalue weighted by Gasteiger charge is -2.27. The SMILES string of the molecule is CC(C)c1cnnc(Nc2ccc3ncc(-c4cnn(C5CNC5)c4)cc3n2)c1. The van der Waals surface area contributed by atoms with Crippen LogP contribution in [0.5, 0.6) is 0 Å². The lowest BCUT2D eigenvalue weighted by molar-refractivity contribution is 0.318. The Morgan fingerprint density at radius 2 is 1.93 bits per heavy atom. The van der Waals surface area contributed by atoms with Crippen LogP contribution in [0.1, 0.15) is 31.4 Å². The highest BCUT2D eigenvalue weighted by molar-refractivity contribution is 5.81. The molecule has 0 spiro atoms. The van der Waals surface area contributed by atoms with Gasteiger partial charge < -0.3 is 10.6 Å². The summed E-state index contributed by atoms with van der Waals surface area (Å²) in [5.41, 5.74) is 4.84. The average Bonchev–Trinajstić information content (AvgIpc) is 3.15. The Morgan fingerprint density at radius 3 is 2.72 bits per heavy atom. The molecule has 146 valence electrons. The van der Waals surface area contributed by atoms with Crippen LogP contribution in [0.4, 0.5) is 11.6 Å². The van der Waals surface area contributed by atoms with Gasteiger partial charge in [-0.3, -0.25) is 9.67 Å². The van der Waals surface area contributed by atoms with Gasteiger partial charge in [-0.15, -0.1) is 5.10 Å². The van der Waals surface area contributed by atoms with Gasteiger partial charge in [0.05, 0.1) is 29.5 Å². The summed E-state index contributed by atoms with van der Waals surface area (Å²) in [5, 5.41) is 19.3. The van der Waals surface area contributed by atoms with Crippen LogP contribution < -0.4 is 10.6 Å². The third-order valence-electron chi connectivity index (χ3n) is 5.20. The molecular weight excluding hydrogens is 364 g/mol. The first-order valence-corrected chi connectivity index (χ1v) is 9.77. The van der Waals surface area contributed by atoms with E-state index in [2.05, 4.69) is 51.0 Å². The molecule has 4 aromatic heterocycles. The molecule has 0 aromatic carbocycles. The van der Waals surface area contributed by atoms with E-state index in [0.717, 1.165) is 40.8 Å². The van der Waals surface area contributed by atoms with Crippen molar-refractivity contribution in [2.24, 2.45) is 0 Å². The number of hydrogen-bond donors (Lipinski definition) is 2. The summed E-state index contributed by atoms with van der Waals surface area (Å²) in [5.74, 6) is 1.78. The van der Waals surface area contributed by atoms with Gasteiger partial charge in [-0.05, 0) is 35.7 Å². The Balaban J connectivity index is 1.43. The second kappa shape index (κ2) is 7.21. The molecule has 5 rings (SSSR count). The Hall–Kier alpha value is -3.39. The lowest BCUT2D eigenvalue weighted by Crippen LogP contribution is -2.43. The van der Waals surface area contributed by atoms with Crippen molar-refractivity contribution in [1.82, 2.24) is 35.3 Å². The van der Waals surface area contributed by atoms with Gasteiger partial charge in [0.25, 0.3) is 0 Å². The van der Waals surface area contributed by atoms with Crippen molar-refractivity contribution in [3.05, 3.63) is 54.6 Å². The summed E-state index contributed by atoms with van der Waals surface area (Å²) < 4.78 is 2.02. The van der Waals surface area contributed by atoms with E-state index in [1.54, 1.807) is 6.20 Å². The Bertz CT molecular complexity index is 1160. The highest BCUT2D eigenvalue weighted by atomic mass is 15.3. The van der Waals surface area contributed by atoms with Gasteiger partial charge in [0.2, 0.25) is 0 Å². The molecule has 0 amide bonds. The first-order valence-electron chi connectivity index (χ1n) is 9.77. The standard InChI is InChI=1S/C21H22N8/c1-13(2)14-6-21(28-24-8-14)27-20-4-3-18-19(26-20)5-15(7-23-18)16-9-25-29(12-16)17-10-22-11-17/h3-9,12-13,17,22H,10-11H2,1-2H3,(H,26,27,28). The van der Waals surface area contributed by atoms with E-state index in [9.17, 15) is 0 Å². The van der Waals surface area contributed by atoms with Crippen molar-refractivity contribution in [1.29, 1.82) is 0 Å². The first-order chi connectivity index (χ1) is 14.2. The number of aromatic nitrogens is 6. The third kappa shape index (κ3) is 3.54. The summed E-state index contributed by atoms with van der Waals surface area (Å²) in [6.45, 7) is 6.20. The van der Waals surface area contributed by atoms with Crippen LogP contribution in [0.3, 0.4) is 0 Å². The second-order valence-electron chi connectivity index (χ2n) is 7.63. The van der Waals surface area contributed by atoms with Gasteiger partial charge in [0, 0.05) is 36.6 Å². The van der Waals surface area contributed by atoms with Crippen LogP contribution in [-0.2, 0) is 0 Å². The minimum absolute atomic E-state index is 0.388. The summed E-state index contributed by atoms with van der Waals surface area (Å²) in [7, 11) is 0. The fourth-order valence-electron chi connectivity index (χ4n) is 3.27. The Labute approximate surface area is 168 Å². The predicted octanol–water partition coefficient (Wildman–Crippen LogP) is 3.29. The Morgan fingerprint density at radius 1 is 1.03 bits per heavy atom. The molecule has 0 aliphatic carbocycles. The van der Waals surface area contributed by atoms with E-state index in [0.29, 0.717) is 23.6 Å². The minimum atomic E-state index is 0.388. The van der Waals surface area contributed by atoms with Crippen LogP contribution in [-0.4, -0.2) is 43.0 Å². The number of fused-ring (bicyclic) bond motifs is 1. The van der Waals surface area contributed by atoms with Gasteiger partial charge in [-0.2, -0.15) is 10.2 Å². The van der Waals surface area contributed by atoms with E-state index in [1.165, 1.54) is 0 Å². The number of nitrogens with zero attached hydrogens (tertiary/aromatic N) is 6. The monoisotopic (exact) mass is 386 g/mol. The number of nitrogens with one attached hydrogen (secondary N) is 2. The molecule has 4 aromatic rings. The quantitative estimate of drug-likeness (QED) is 0.543. The molecule has 0 atom stereocenters. The predicted molar refractivity (Wildman–Crippen MR) is 112 cm³/mol. The molecule has 1 saturated heterocycles. The summed E-state index contributed by atoms with van der Waals surface area (Å²) in [6, 6.07) is 8.35. The molecule has 1 fully saturated rings. The zero-order chi connectivity index (χ0) is 19.8. The van der Waals surface area contributed by atoms with E-state index < -0.39 is 0 Å². The van der Waals surface area contributed by atoms with Gasteiger partial charge >= 0.3 is 0 Å². The number of hydrogen-bond acceptors (Lipinski definition) is 7. The number of pyridine rings is 2. The summed E-state index contributed by atoms with van der Waals surface area (Å²) in [6.07, 6.45) is 7.62. The van der Waals surface area contributed by atoms with E-state index >= 15 is 0 Å². The Kier molecular flexibility index (Phi) is 4.40. The normalized spacial score (nSPS) is 14.3.